The lowest BCUT2D eigenvalue weighted by atomic mass is 10.0. The lowest BCUT2D eigenvalue weighted by molar-refractivity contribution is -0.121. The van der Waals surface area contributed by atoms with E-state index in [4.69, 9.17) is 4.74 Å². The number of nitrogens with zero attached hydrogens (tertiary/aromatic N) is 2. The first kappa shape index (κ1) is 19.2. The summed E-state index contributed by atoms with van der Waals surface area (Å²) < 4.78 is 29.7. The summed E-state index contributed by atoms with van der Waals surface area (Å²) in [5.74, 6) is 0.584. The average Bonchev–Trinajstić information content (AvgIpc) is 3.06. The molecule has 1 aromatic rings. The summed E-state index contributed by atoms with van der Waals surface area (Å²) in [4.78, 5) is 18.8. The highest BCUT2D eigenvalue weighted by atomic mass is 32.2. The molecule has 0 spiro atoms. The van der Waals surface area contributed by atoms with Gasteiger partial charge in [-0.1, -0.05) is 37.7 Å². The number of carbonyl (C=O) groups excluding carboxylic acids is 1. The van der Waals surface area contributed by atoms with Crippen molar-refractivity contribution in [1.29, 1.82) is 0 Å². The van der Waals surface area contributed by atoms with Crippen molar-refractivity contribution in [3.8, 4) is 5.75 Å². The molecule has 2 aliphatic heterocycles. The molecule has 6 nitrogen and oxygen atoms in total. The van der Waals surface area contributed by atoms with E-state index in [9.17, 15) is 13.2 Å². The molecule has 1 amide bonds. The van der Waals surface area contributed by atoms with Crippen LogP contribution in [0, 0.1) is 5.92 Å². The minimum Gasteiger partial charge on any atom is -0.495 e. The number of sulfone groups is 1. The van der Waals surface area contributed by atoms with Crippen LogP contribution in [-0.2, 0) is 14.6 Å². The molecule has 0 bridgehead atoms. The summed E-state index contributed by atoms with van der Waals surface area (Å²) in [6.07, 6.45) is 1.49. The number of amides is 1. The standard InChI is InChI=1S/C18H24N2O4S2/c1-4-12(5-2)17(21)19-18-20(13-8-6-7-9-15(13)24-3)14-10-26(22,23)11-16(14)25-18/h6-9,12,14,16H,4-5,10-11H2,1-3H3/t14-,16+/m1/s1. The van der Waals surface area contributed by atoms with Gasteiger partial charge in [-0.05, 0) is 25.0 Å². The first-order valence-electron chi connectivity index (χ1n) is 8.82. The van der Waals surface area contributed by atoms with Crippen LogP contribution < -0.4 is 9.64 Å². The second kappa shape index (κ2) is 7.60. The maximum absolute atomic E-state index is 12.6. The summed E-state index contributed by atoms with van der Waals surface area (Å²) in [6.45, 7) is 3.96. The van der Waals surface area contributed by atoms with Crippen molar-refractivity contribution < 1.29 is 17.9 Å². The first-order chi connectivity index (χ1) is 12.4. The Kier molecular flexibility index (Phi) is 5.62. The number of carbonyl (C=O) groups is 1. The number of ether oxygens (including phenoxy) is 1. The van der Waals surface area contributed by atoms with Crippen molar-refractivity contribution in [3.05, 3.63) is 24.3 Å². The Hall–Kier alpha value is -1.54. The fourth-order valence-electron chi connectivity index (χ4n) is 3.50. The number of hydrogen-bond acceptors (Lipinski definition) is 5. The smallest absolute Gasteiger partial charge is 0.251 e. The summed E-state index contributed by atoms with van der Waals surface area (Å²) in [6, 6.07) is 7.22. The SMILES string of the molecule is CCC(CC)C(=O)N=C1S[C@H]2CS(=O)(=O)C[C@H]2N1c1ccccc1OC. The van der Waals surface area contributed by atoms with Gasteiger partial charge in [0.05, 0.1) is 30.3 Å². The van der Waals surface area contributed by atoms with Gasteiger partial charge in [0, 0.05) is 11.2 Å². The van der Waals surface area contributed by atoms with Crippen LogP contribution in [-0.4, -0.2) is 49.4 Å². The molecule has 2 saturated heterocycles. The van der Waals surface area contributed by atoms with Crippen molar-refractivity contribution in [3.63, 3.8) is 0 Å². The maximum Gasteiger partial charge on any atom is 0.251 e. The molecule has 8 heteroatoms. The van der Waals surface area contributed by atoms with Crippen molar-refractivity contribution in [2.45, 2.75) is 38.0 Å². The highest BCUT2D eigenvalue weighted by Crippen LogP contribution is 2.43. The molecule has 26 heavy (non-hydrogen) atoms. The Bertz CT molecular complexity index is 818. The van der Waals surface area contributed by atoms with E-state index >= 15 is 0 Å². The van der Waals surface area contributed by atoms with Crippen molar-refractivity contribution in [1.82, 2.24) is 0 Å². The topological polar surface area (TPSA) is 76.0 Å². The van der Waals surface area contributed by atoms with E-state index in [-0.39, 0.29) is 34.6 Å². The van der Waals surface area contributed by atoms with Crippen LogP contribution >= 0.6 is 11.8 Å². The zero-order chi connectivity index (χ0) is 18.9. The number of fused-ring (bicyclic) bond motifs is 1. The Morgan fingerprint density at radius 1 is 1.31 bits per heavy atom. The monoisotopic (exact) mass is 396 g/mol. The van der Waals surface area contributed by atoms with Crippen LogP contribution in [0.25, 0.3) is 0 Å². The number of amidine groups is 1. The Balaban J connectivity index is 2.03. The molecule has 1 aromatic carbocycles. The van der Waals surface area contributed by atoms with E-state index in [1.165, 1.54) is 11.8 Å². The second-order valence-electron chi connectivity index (χ2n) is 6.59. The van der Waals surface area contributed by atoms with E-state index in [2.05, 4.69) is 4.99 Å². The molecular formula is C18H24N2O4S2. The molecule has 3 rings (SSSR count). The number of benzene rings is 1. The molecule has 0 saturated carbocycles. The van der Waals surface area contributed by atoms with Gasteiger partial charge < -0.3 is 9.64 Å². The molecule has 0 aromatic heterocycles. The van der Waals surface area contributed by atoms with Crippen molar-refractivity contribution >= 4 is 38.4 Å². The van der Waals surface area contributed by atoms with E-state index in [1.807, 2.05) is 43.0 Å². The highest BCUT2D eigenvalue weighted by molar-refractivity contribution is 8.16. The molecule has 0 aliphatic carbocycles. The van der Waals surface area contributed by atoms with Gasteiger partial charge >= 0.3 is 0 Å². The predicted octanol–water partition coefficient (Wildman–Crippen LogP) is 2.73. The maximum atomic E-state index is 12.6. The molecule has 2 aliphatic rings. The van der Waals surface area contributed by atoms with Crippen molar-refractivity contribution in [2.75, 3.05) is 23.5 Å². The van der Waals surface area contributed by atoms with Gasteiger partial charge in [-0.25, -0.2) is 8.42 Å². The Morgan fingerprint density at radius 3 is 2.65 bits per heavy atom. The molecule has 0 N–H and O–H groups in total. The number of para-hydroxylation sites is 2. The summed E-state index contributed by atoms with van der Waals surface area (Å²) in [7, 11) is -1.51. The number of rotatable bonds is 5. The molecule has 2 heterocycles. The quantitative estimate of drug-likeness (QED) is 0.762. The van der Waals surface area contributed by atoms with Crippen molar-refractivity contribution in [2.24, 2.45) is 10.9 Å². The lowest BCUT2D eigenvalue weighted by Gasteiger charge is -2.26. The van der Waals surface area contributed by atoms with E-state index in [0.717, 1.165) is 18.5 Å². The van der Waals surface area contributed by atoms with Crippen LogP contribution in [0.3, 0.4) is 0 Å². The molecule has 142 valence electrons. The van der Waals surface area contributed by atoms with Crippen LogP contribution in [0.15, 0.2) is 29.3 Å². The van der Waals surface area contributed by atoms with E-state index < -0.39 is 9.84 Å². The number of anilines is 1. The number of thioether (sulfide) groups is 1. The van der Waals surface area contributed by atoms with Gasteiger partial charge in [-0.15, -0.1) is 0 Å². The fraction of sp³-hybridized carbons (Fsp3) is 0.556. The summed E-state index contributed by atoms with van der Waals surface area (Å²) in [5, 5.41) is 0.467. The minimum absolute atomic E-state index is 0.0703. The molecule has 2 atom stereocenters. The van der Waals surface area contributed by atoms with Gasteiger partial charge in [-0.2, -0.15) is 4.99 Å². The van der Waals surface area contributed by atoms with Crippen LogP contribution in [0.1, 0.15) is 26.7 Å². The van der Waals surface area contributed by atoms with Gasteiger partial charge in [0.1, 0.15) is 5.75 Å². The van der Waals surface area contributed by atoms with Crippen LogP contribution in [0.2, 0.25) is 0 Å². The zero-order valence-electron chi connectivity index (χ0n) is 15.2. The summed E-state index contributed by atoms with van der Waals surface area (Å²) >= 11 is 1.39. The predicted molar refractivity (Wildman–Crippen MR) is 106 cm³/mol. The normalized spacial score (nSPS) is 25.7. The van der Waals surface area contributed by atoms with Crippen LogP contribution in [0.4, 0.5) is 5.69 Å². The van der Waals surface area contributed by atoms with Gasteiger partial charge in [0.15, 0.2) is 15.0 Å². The Labute approximate surface area is 158 Å². The van der Waals surface area contributed by atoms with Gasteiger partial charge in [-0.3, -0.25) is 4.79 Å². The highest BCUT2D eigenvalue weighted by Gasteiger charge is 2.50. The number of hydrogen-bond donors (Lipinski definition) is 0. The fourth-order valence-corrected chi connectivity index (χ4v) is 7.41. The van der Waals surface area contributed by atoms with E-state index in [0.29, 0.717) is 10.9 Å². The first-order valence-corrected chi connectivity index (χ1v) is 11.5. The largest absolute Gasteiger partial charge is 0.495 e. The third kappa shape index (κ3) is 3.62. The molecule has 2 fully saturated rings. The number of aliphatic imine (C=N–C) groups is 1. The van der Waals surface area contributed by atoms with E-state index in [1.54, 1.807) is 7.11 Å². The van der Waals surface area contributed by atoms with Crippen LogP contribution in [0.5, 0.6) is 5.75 Å². The lowest BCUT2D eigenvalue weighted by Crippen LogP contribution is -2.38. The van der Waals surface area contributed by atoms with Gasteiger partial charge in [0.2, 0.25) is 0 Å². The van der Waals surface area contributed by atoms with Gasteiger partial charge in [0.25, 0.3) is 5.91 Å². The molecule has 0 unspecified atom stereocenters. The third-order valence-corrected chi connectivity index (χ3v) is 8.16. The molecular weight excluding hydrogens is 372 g/mol. The minimum atomic E-state index is -3.09. The second-order valence-corrected chi connectivity index (χ2v) is 9.95. The Morgan fingerprint density at radius 2 is 2.00 bits per heavy atom. The number of methoxy groups -OCH3 is 1. The third-order valence-electron chi connectivity index (χ3n) is 4.95. The molecule has 0 radical (unpaired) electrons. The zero-order valence-corrected chi connectivity index (χ0v) is 16.8. The summed E-state index contributed by atoms with van der Waals surface area (Å²) in [5.41, 5.74) is 0.753. The average molecular weight is 397 g/mol.